The van der Waals surface area contributed by atoms with E-state index in [1.54, 1.807) is 12.4 Å². The van der Waals surface area contributed by atoms with Crippen molar-refractivity contribution in [2.45, 2.75) is 12.8 Å². The zero-order chi connectivity index (χ0) is 16.5. The van der Waals surface area contributed by atoms with Gasteiger partial charge in [0.1, 0.15) is 0 Å². The van der Waals surface area contributed by atoms with E-state index in [1.165, 1.54) is 10.6 Å². The van der Waals surface area contributed by atoms with Crippen LogP contribution >= 0.6 is 0 Å². The van der Waals surface area contributed by atoms with Crippen LogP contribution in [0.15, 0.2) is 36.7 Å². The van der Waals surface area contributed by atoms with E-state index in [2.05, 4.69) is 14.8 Å². The molecule has 3 heterocycles. The third kappa shape index (κ3) is 2.71. The van der Waals surface area contributed by atoms with E-state index in [0.717, 1.165) is 26.2 Å². The standard InChI is InChI=1S/C18H22N4O2/c23-17-15-3-1-2-4-16(15)18(24)22(17)13-20-9-11-21(12-10-20)14-5-7-19-8-6-14/h1-2,5-8,15-16H,3-4,9-13H2/t15-,16-/m0/s1. The molecule has 0 radical (unpaired) electrons. The van der Waals surface area contributed by atoms with Gasteiger partial charge >= 0.3 is 0 Å². The molecule has 3 aliphatic rings. The molecule has 0 N–H and O–H groups in total. The number of carbonyl (C=O) groups is 2. The Labute approximate surface area is 141 Å². The Balaban J connectivity index is 1.36. The Morgan fingerprint density at radius 1 is 0.917 bits per heavy atom. The number of anilines is 1. The molecule has 2 aliphatic heterocycles. The molecular formula is C18H22N4O2. The molecule has 1 aromatic heterocycles. The minimum absolute atomic E-state index is 0.0194. The van der Waals surface area contributed by atoms with Crippen molar-refractivity contribution in [2.75, 3.05) is 37.7 Å². The Morgan fingerprint density at radius 2 is 1.50 bits per heavy atom. The predicted molar refractivity (Wildman–Crippen MR) is 90.1 cm³/mol. The molecule has 0 spiro atoms. The molecule has 126 valence electrons. The van der Waals surface area contributed by atoms with Gasteiger partial charge in [0.15, 0.2) is 0 Å². The van der Waals surface area contributed by atoms with Gasteiger partial charge in [0.05, 0.1) is 18.5 Å². The summed E-state index contributed by atoms with van der Waals surface area (Å²) in [6, 6.07) is 4.03. The number of fused-ring (bicyclic) bond motifs is 1. The quantitative estimate of drug-likeness (QED) is 0.615. The highest BCUT2D eigenvalue weighted by atomic mass is 16.2. The Bertz CT molecular complexity index is 626. The molecule has 2 amide bonds. The first kappa shape index (κ1) is 15.3. The number of amides is 2. The summed E-state index contributed by atoms with van der Waals surface area (Å²) in [6.07, 6.45) is 9.09. The zero-order valence-electron chi connectivity index (χ0n) is 13.7. The van der Waals surface area contributed by atoms with Gasteiger partial charge in [0.2, 0.25) is 11.8 Å². The number of aromatic nitrogens is 1. The van der Waals surface area contributed by atoms with E-state index in [4.69, 9.17) is 0 Å². The van der Waals surface area contributed by atoms with Crippen LogP contribution in [0.1, 0.15) is 12.8 Å². The maximum absolute atomic E-state index is 12.5. The van der Waals surface area contributed by atoms with Gasteiger partial charge in [-0.3, -0.25) is 24.4 Å². The van der Waals surface area contributed by atoms with Crippen LogP contribution in [0.4, 0.5) is 5.69 Å². The first-order chi connectivity index (χ1) is 11.7. The first-order valence-electron chi connectivity index (χ1n) is 8.61. The molecule has 0 saturated carbocycles. The molecular weight excluding hydrogens is 304 g/mol. The normalized spacial score (nSPS) is 27.7. The van der Waals surface area contributed by atoms with Crippen molar-refractivity contribution in [1.82, 2.24) is 14.8 Å². The number of hydrogen-bond acceptors (Lipinski definition) is 5. The molecule has 6 heteroatoms. The van der Waals surface area contributed by atoms with Crippen LogP contribution < -0.4 is 4.90 Å². The second kappa shape index (κ2) is 6.36. The lowest BCUT2D eigenvalue weighted by Crippen LogP contribution is -2.51. The molecule has 2 saturated heterocycles. The van der Waals surface area contributed by atoms with Crippen molar-refractivity contribution >= 4 is 17.5 Å². The van der Waals surface area contributed by atoms with E-state index in [-0.39, 0.29) is 23.7 Å². The van der Waals surface area contributed by atoms with Crippen molar-refractivity contribution in [3.8, 4) is 0 Å². The molecule has 1 aromatic rings. The Morgan fingerprint density at radius 3 is 2.08 bits per heavy atom. The summed E-state index contributed by atoms with van der Waals surface area (Å²) in [5, 5.41) is 0. The first-order valence-corrected chi connectivity index (χ1v) is 8.61. The highest BCUT2D eigenvalue weighted by molar-refractivity contribution is 6.05. The monoisotopic (exact) mass is 326 g/mol. The van der Waals surface area contributed by atoms with Gasteiger partial charge in [0.25, 0.3) is 0 Å². The topological polar surface area (TPSA) is 56.8 Å². The predicted octanol–water partition coefficient (Wildman–Crippen LogP) is 1.11. The molecule has 0 unspecified atom stereocenters. The minimum atomic E-state index is -0.124. The van der Waals surface area contributed by atoms with E-state index < -0.39 is 0 Å². The third-order valence-electron chi connectivity index (χ3n) is 5.34. The highest BCUT2D eigenvalue weighted by Crippen LogP contribution is 2.35. The van der Waals surface area contributed by atoms with Gasteiger partial charge in [-0.2, -0.15) is 0 Å². The number of piperazine rings is 1. The van der Waals surface area contributed by atoms with Crippen LogP contribution in [0.5, 0.6) is 0 Å². The molecule has 0 aromatic carbocycles. The Hall–Kier alpha value is -2.21. The van der Waals surface area contributed by atoms with Crippen LogP contribution in [0.3, 0.4) is 0 Å². The number of imide groups is 1. The number of allylic oxidation sites excluding steroid dienone is 2. The molecule has 4 rings (SSSR count). The Kier molecular flexibility index (Phi) is 4.06. The van der Waals surface area contributed by atoms with Crippen LogP contribution in [0.2, 0.25) is 0 Å². The molecule has 2 fully saturated rings. The van der Waals surface area contributed by atoms with Gasteiger partial charge < -0.3 is 4.90 Å². The van der Waals surface area contributed by atoms with Gasteiger partial charge in [-0.15, -0.1) is 0 Å². The zero-order valence-corrected chi connectivity index (χ0v) is 13.7. The van der Waals surface area contributed by atoms with E-state index >= 15 is 0 Å². The van der Waals surface area contributed by atoms with Crippen molar-refractivity contribution in [3.05, 3.63) is 36.7 Å². The smallest absolute Gasteiger partial charge is 0.234 e. The van der Waals surface area contributed by atoms with Gasteiger partial charge in [-0.05, 0) is 25.0 Å². The van der Waals surface area contributed by atoms with E-state index in [0.29, 0.717) is 19.5 Å². The molecule has 6 nitrogen and oxygen atoms in total. The van der Waals surface area contributed by atoms with Crippen molar-refractivity contribution in [2.24, 2.45) is 11.8 Å². The second-order valence-electron chi connectivity index (χ2n) is 6.71. The third-order valence-corrected chi connectivity index (χ3v) is 5.34. The maximum atomic E-state index is 12.5. The summed E-state index contributed by atoms with van der Waals surface area (Å²) < 4.78 is 0. The van der Waals surface area contributed by atoms with Gasteiger partial charge in [-0.1, -0.05) is 12.2 Å². The number of rotatable bonds is 3. The maximum Gasteiger partial charge on any atom is 0.234 e. The number of carbonyl (C=O) groups excluding carboxylic acids is 2. The average molecular weight is 326 g/mol. The number of hydrogen-bond donors (Lipinski definition) is 0. The molecule has 24 heavy (non-hydrogen) atoms. The van der Waals surface area contributed by atoms with Gasteiger partial charge in [0, 0.05) is 44.3 Å². The number of likely N-dealkylation sites (tertiary alicyclic amines) is 1. The molecule has 2 atom stereocenters. The summed E-state index contributed by atoms with van der Waals surface area (Å²) >= 11 is 0. The summed E-state index contributed by atoms with van der Waals surface area (Å²) in [5.74, 6) is -0.210. The number of pyridine rings is 1. The summed E-state index contributed by atoms with van der Waals surface area (Å²) in [4.78, 5) is 35.1. The number of nitrogens with zero attached hydrogens (tertiary/aromatic N) is 4. The lowest BCUT2D eigenvalue weighted by molar-refractivity contribution is -0.142. The van der Waals surface area contributed by atoms with Crippen molar-refractivity contribution in [3.63, 3.8) is 0 Å². The van der Waals surface area contributed by atoms with Crippen LogP contribution in [-0.4, -0.2) is 59.4 Å². The summed E-state index contributed by atoms with van der Waals surface area (Å²) in [5.41, 5.74) is 1.18. The van der Waals surface area contributed by atoms with Crippen LogP contribution in [-0.2, 0) is 9.59 Å². The van der Waals surface area contributed by atoms with Crippen molar-refractivity contribution in [1.29, 1.82) is 0 Å². The van der Waals surface area contributed by atoms with E-state index in [9.17, 15) is 9.59 Å². The minimum Gasteiger partial charge on any atom is -0.369 e. The van der Waals surface area contributed by atoms with Gasteiger partial charge in [-0.25, -0.2) is 0 Å². The summed E-state index contributed by atoms with van der Waals surface area (Å²) in [7, 11) is 0. The SMILES string of the molecule is O=C1[C@H]2CC=CC[C@@H]2C(=O)N1CN1CCN(c2ccncc2)CC1. The van der Waals surface area contributed by atoms with Crippen molar-refractivity contribution < 1.29 is 9.59 Å². The van der Waals surface area contributed by atoms with E-state index in [1.807, 2.05) is 24.3 Å². The van der Waals surface area contributed by atoms with Crippen LogP contribution in [0, 0.1) is 11.8 Å². The fourth-order valence-corrected chi connectivity index (χ4v) is 3.91. The lowest BCUT2D eigenvalue weighted by Gasteiger charge is -2.37. The fourth-order valence-electron chi connectivity index (χ4n) is 3.91. The fraction of sp³-hybridized carbons (Fsp3) is 0.500. The lowest BCUT2D eigenvalue weighted by atomic mass is 9.85. The second-order valence-corrected chi connectivity index (χ2v) is 6.71. The summed E-state index contributed by atoms with van der Waals surface area (Å²) in [6.45, 7) is 3.94. The largest absolute Gasteiger partial charge is 0.369 e. The van der Waals surface area contributed by atoms with Crippen LogP contribution in [0.25, 0.3) is 0 Å². The molecule has 1 aliphatic carbocycles. The highest BCUT2D eigenvalue weighted by Gasteiger charge is 2.47. The molecule has 0 bridgehead atoms. The average Bonchev–Trinajstić information content (AvgIpc) is 2.88.